The summed E-state index contributed by atoms with van der Waals surface area (Å²) in [5.41, 5.74) is 1.34. The zero-order chi connectivity index (χ0) is 26.7. The van der Waals surface area contributed by atoms with E-state index >= 15 is 0 Å². The third kappa shape index (κ3) is 4.20. The van der Waals surface area contributed by atoms with Gasteiger partial charge in [0.15, 0.2) is 11.5 Å². The topological polar surface area (TPSA) is 82.7 Å². The first-order chi connectivity index (χ1) is 18.2. The van der Waals surface area contributed by atoms with Crippen LogP contribution >= 0.6 is 34.8 Å². The molecule has 0 aliphatic carbocycles. The molecule has 3 aromatic carbocycles. The van der Waals surface area contributed by atoms with Crippen LogP contribution in [-0.2, 0) is 19.9 Å². The summed E-state index contributed by atoms with van der Waals surface area (Å²) in [4.78, 5) is 13.9. The Hall–Kier alpha value is -3.23. The maximum atomic E-state index is 13.9. The minimum absolute atomic E-state index is 0.166. The van der Waals surface area contributed by atoms with Gasteiger partial charge >= 0.3 is 5.97 Å². The third-order valence-corrected chi connectivity index (χ3v) is 7.37. The van der Waals surface area contributed by atoms with E-state index in [1.54, 1.807) is 56.3 Å². The molecule has 1 saturated heterocycles. The molecule has 2 aliphatic heterocycles. The van der Waals surface area contributed by atoms with E-state index in [2.05, 4.69) is 10.2 Å². The second-order valence-corrected chi connectivity index (χ2v) is 10.8. The zero-order valence-corrected chi connectivity index (χ0v) is 22.5. The van der Waals surface area contributed by atoms with E-state index in [-0.39, 0.29) is 6.79 Å². The number of carbonyl (C=O) groups excluding carboxylic acids is 1. The molecule has 0 bridgehead atoms. The normalized spacial score (nSPS) is 20.4. The molecule has 194 valence electrons. The first kappa shape index (κ1) is 25.1. The van der Waals surface area contributed by atoms with Gasteiger partial charge in [-0.05, 0) is 65.7 Å². The first-order valence-electron chi connectivity index (χ1n) is 11.8. The zero-order valence-electron chi connectivity index (χ0n) is 20.3. The van der Waals surface area contributed by atoms with Crippen molar-refractivity contribution < 1.29 is 23.7 Å². The molecular formula is C28H21Cl3N2O5. The van der Waals surface area contributed by atoms with E-state index in [1.807, 2.05) is 24.3 Å². The molecular weight excluding hydrogens is 551 g/mol. The smallest absolute Gasteiger partial charge is 0.346 e. The largest absolute Gasteiger partial charge is 0.454 e. The fraction of sp³-hybridized carbons (Fsp3) is 0.214. The number of aromatic nitrogens is 2. The van der Waals surface area contributed by atoms with Crippen molar-refractivity contribution >= 4 is 40.8 Å². The van der Waals surface area contributed by atoms with Crippen LogP contribution in [0.25, 0.3) is 11.3 Å². The van der Waals surface area contributed by atoms with Crippen LogP contribution in [-0.4, -0.2) is 28.7 Å². The van der Waals surface area contributed by atoms with Gasteiger partial charge in [0.1, 0.15) is 0 Å². The number of carbonyl (C=O) groups is 1. The molecule has 1 N–H and O–H groups in total. The average molecular weight is 572 g/mol. The van der Waals surface area contributed by atoms with Gasteiger partial charge in [0.05, 0.1) is 17.3 Å². The van der Waals surface area contributed by atoms with Crippen molar-refractivity contribution in [1.29, 1.82) is 0 Å². The molecule has 2 unspecified atom stereocenters. The Morgan fingerprint density at radius 3 is 2.47 bits per heavy atom. The van der Waals surface area contributed by atoms with Gasteiger partial charge in [0, 0.05) is 34.5 Å². The number of H-pyrrole nitrogens is 1. The molecule has 0 saturated carbocycles. The second kappa shape index (κ2) is 9.20. The van der Waals surface area contributed by atoms with Crippen molar-refractivity contribution in [3.05, 3.63) is 98.6 Å². The standard InChI is InChI=1S/C28H21Cl3N2O5/c1-27(2)37-26(34)28(38-27,16-4-3-5-17(29)11-16)25(19-12-18(30)7-8-20(19)31)22-13-21(32-33-22)15-6-9-23-24(10-15)36-14-35-23/h3-13,25H,14H2,1-2H3,(H,32,33). The van der Waals surface area contributed by atoms with Crippen LogP contribution in [0.3, 0.4) is 0 Å². The molecule has 2 atom stereocenters. The Kier molecular flexibility index (Phi) is 6.07. The van der Waals surface area contributed by atoms with Crippen LogP contribution in [0.1, 0.15) is 36.6 Å². The van der Waals surface area contributed by atoms with E-state index in [4.69, 9.17) is 53.8 Å². The van der Waals surface area contributed by atoms with Crippen LogP contribution in [0, 0.1) is 0 Å². The van der Waals surface area contributed by atoms with Crippen LogP contribution in [0.5, 0.6) is 11.5 Å². The number of aromatic amines is 1. The number of nitrogens with zero attached hydrogens (tertiary/aromatic N) is 1. The summed E-state index contributed by atoms with van der Waals surface area (Å²) in [6.45, 7) is 3.52. The van der Waals surface area contributed by atoms with Gasteiger partial charge in [0.25, 0.3) is 0 Å². The minimum Gasteiger partial charge on any atom is -0.454 e. The highest BCUT2D eigenvalue weighted by molar-refractivity contribution is 6.33. The van der Waals surface area contributed by atoms with Crippen LogP contribution in [0.15, 0.2) is 66.7 Å². The molecule has 0 radical (unpaired) electrons. The van der Waals surface area contributed by atoms with Crippen LogP contribution in [0.4, 0.5) is 0 Å². The summed E-state index contributed by atoms with van der Waals surface area (Å²) < 4.78 is 23.2. The van der Waals surface area contributed by atoms with E-state index in [0.29, 0.717) is 49.1 Å². The lowest BCUT2D eigenvalue weighted by Crippen LogP contribution is -2.42. The number of hydrogen-bond acceptors (Lipinski definition) is 6. The Labute approximate surface area is 233 Å². The van der Waals surface area contributed by atoms with Gasteiger partial charge < -0.3 is 18.9 Å². The molecule has 10 heteroatoms. The lowest BCUT2D eigenvalue weighted by molar-refractivity contribution is -0.169. The molecule has 1 aromatic heterocycles. The minimum atomic E-state index is -1.68. The van der Waals surface area contributed by atoms with E-state index in [9.17, 15) is 4.79 Å². The monoisotopic (exact) mass is 570 g/mol. The molecule has 0 amide bonds. The number of cyclic esters (lactones) is 1. The van der Waals surface area contributed by atoms with E-state index in [0.717, 1.165) is 5.56 Å². The van der Waals surface area contributed by atoms with Gasteiger partial charge in [0.2, 0.25) is 18.2 Å². The van der Waals surface area contributed by atoms with Gasteiger partial charge in [-0.3, -0.25) is 5.10 Å². The summed E-state index contributed by atoms with van der Waals surface area (Å²) in [5, 5.41) is 8.97. The molecule has 1 fully saturated rings. The van der Waals surface area contributed by atoms with Crippen molar-refractivity contribution in [2.45, 2.75) is 31.2 Å². The van der Waals surface area contributed by atoms with Gasteiger partial charge in [-0.25, -0.2) is 4.79 Å². The Balaban J connectivity index is 1.58. The third-order valence-electron chi connectivity index (χ3n) is 6.55. The average Bonchev–Trinajstić information content (AvgIpc) is 3.59. The number of ether oxygens (including phenoxy) is 4. The van der Waals surface area contributed by atoms with Crippen molar-refractivity contribution in [1.82, 2.24) is 10.2 Å². The van der Waals surface area contributed by atoms with Gasteiger partial charge in [-0.15, -0.1) is 0 Å². The summed E-state index contributed by atoms with van der Waals surface area (Å²) in [6, 6.07) is 19.4. The number of halogens is 3. The maximum Gasteiger partial charge on any atom is 0.346 e. The van der Waals surface area contributed by atoms with Crippen molar-refractivity contribution in [3.63, 3.8) is 0 Å². The highest BCUT2D eigenvalue weighted by Crippen LogP contribution is 2.53. The number of hydrogen-bond donors (Lipinski definition) is 1. The van der Waals surface area contributed by atoms with Gasteiger partial charge in [-0.2, -0.15) is 5.10 Å². The predicted molar refractivity (Wildman–Crippen MR) is 143 cm³/mol. The highest BCUT2D eigenvalue weighted by atomic mass is 35.5. The summed E-state index contributed by atoms with van der Waals surface area (Å²) in [6.07, 6.45) is 0. The quantitative estimate of drug-likeness (QED) is 0.257. The van der Waals surface area contributed by atoms with Crippen molar-refractivity contribution in [2.24, 2.45) is 0 Å². The Morgan fingerprint density at radius 2 is 1.71 bits per heavy atom. The van der Waals surface area contributed by atoms with Crippen LogP contribution in [0.2, 0.25) is 15.1 Å². The SMILES string of the molecule is CC1(C)OC(=O)C(c2cccc(Cl)c2)(C(c2cc(-c3ccc4c(c3)OCO4)[nH]n2)c2cc(Cl)ccc2Cl)O1. The molecule has 7 nitrogen and oxygen atoms in total. The first-order valence-corrected chi connectivity index (χ1v) is 12.9. The number of benzene rings is 3. The Bertz CT molecular complexity index is 1570. The lowest BCUT2D eigenvalue weighted by atomic mass is 9.75. The fourth-order valence-electron chi connectivity index (χ4n) is 5.01. The molecule has 4 aromatic rings. The number of rotatable bonds is 5. The maximum absolute atomic E-state index is 13.9. The van der Waals surface area contributed by atoms with Crippen molar-refractivity contribution in [3.8, 4) is 22.8 Å². The van der Waals surface area contributed by atoms with Gasteiger partial charge in [-0.1, -0.05) is 46.9 Å². The second-order valence-electron chi connectivity index (χ2n) is 9.51. The summed E-state index contributed by atoms with van der Waals surface area (Å²) in [5.74, 6) is -1.40. The van der Waals surface area contributed by atoms with Crippen molar-refractivity contribution in [2.75, 3.05) is 6.79 Å². The molecule has 6 rings (SSSR count). The number of fused-ring (bicyclic) bond motifs is 1. The highest BCUT2D eigenvalue weighted by Gasteiger charge is 2.61. The molecule has 38 heavy (non-hydrogen) atoms. The lowest BCUT2D eigenvalue weighted by Gasteiger charge is -2.34. The molecule has 0 spiro atoms. The van der Waals surface area contributed by atoms with E-state index in [1.165, 1.54) is 0 Å². The predicted octanol–water partition coefficient (Wildman–Crippen LogP) is 7.10. The van der Waals surface area contributed by atoms with Crippen LogP contribution < -0.4 is 9.47 Å². The Morgan fingerprint density at radius 1 is 0.921 bits per heavy atom. The summed E-state index contributed by atoms with van der Waals surface area (Å²) >= 11 is 19.6. The number of nitrogens with one attached hydrogen (secondary N) is 1. The molecule has 3 heterocycles. The number of esters is 1. The summed E-state index contributed by atoms with van der Waals surface area (Å²) in [7, 11) is 0. The fourth-order valence-corrected chi connectivity index (χ4v) is 5.61. The van der Waals surface area contributed by atoms with E-state index < -0.39 is 23.3 Å². The molecule has 2 aliphatic rings.